The molecule has 17 heavy (non-hydrogen) atoms. The highest BCUT2D eigenvalue weighted by Crippen LogP contribution is 2.34. The van der Waals surface area contributed by atoms with Crippen molar-refractivity contribution in [3.63, 3.8) is 0 Å². The Morgan fingerprint density at radius 3 is 2.76 bits per heavy atom. The van der Waals surface area contributed by atoms with Crippen molar-refractivity contribution in [1.29, 1.82) is 0 Å². The maximum absolute atomic E-state index is 11.9. The zero-order valence-electron chi connectivity index (χ0n) is 9.12. The van der Waals surface area contributed by atoms with E-state index >= 15 is 0 Å². The van der Waals surface area contributed by atoms with Gasteiger partial charge in [-0.3, -0.25) is 4.79 Å². The molecule has 2 rings (SSSR count). The smallest absolute Gasteiger partial charge is 0.335 e. The van der Waals surface area contributed by atoms with E-state index in [1.54, 1.807) is 12.1 Å². The Kier molecular flexibility index (Phi) is 3.28. The summed E-state index contributed by atoms with van der Waals surface area (Å²) in [4.78, 5) is 23.4. The van der Waals surface area contributed by atoms with Gasteiger partial charge >= 0.3 is 5.97 Å². The first-order valence-corrected chi connectivity index (χ1v) is 6.09. The molecule has 0 bridgehead atoms. The lowest BCUT2D eigenvalue weighted by atomic mass is 10.0. The van der Waals surface area contributed by atoms with E-state index in [0.717, 1.165) is 11.3 Å². The molecule has 0 radical (unpaired) electrons. The molecule has 0 atom stereocenters. The van der Waals surface area contributed by atoms with E-state index in [2.05, 4.69) is 26.0 Å². The minimum Gasteiger partial charge on any atom is -0.466 e. The number of nitrogens with one attached hydrogen (secondary N) is 1. The van der Waals surface area contributed by atoms with Crippen molar-refractivity contribution in [1.82, 2.24) is 0 Å². The zero-order chi connectivity index (χ0) is 12.4. The fourth-order valence-electron chi connectivity index (χ4n) is 1.76. The summed E-state index contributed by atoms with van der Waals surface area (Å²) in [7, 11) is 1.30. The molecule has 1 aromatic rings. The number of alkyl halides is 1. The van der Waals surface area contributed by atoms with Gasteiger partial charge in [-0.25, -0.2) is 4.79 Å². The number of halogens is 1. The van der Waals surface area contributed by atoms with Gasteiger partial charge in [-0.05, 0) is 6.07 Å². The summed E-state index contributed by atoms with van der Waals surface area (Å²) in [6.45, 7) is 0. The molecule has 1 aliphatic rings. The Hall–Kier alpha value is -1.62. The van der Waals surface area contributed by atoms with Gasteiger partial charge in [0.05, 0.1) is 18.3 Å². The molecule has 1 aliphatic heterocycles. The Bertz CT molecular complexity index is 522. The van der Waals surface area contributed by atoms with Crippen LogP contribution in [0.2, 0.25) is 0 Å². The van der Waals surface area contributed by atoms with Crippen LogP contribution in [0.5, 0.6) is 0 Å². The average molecular weight is 296 g/mol. The molecule has 0 saturated carbocycles. The molecule has 88 valence electrons. The summed E-state index contributed by atoms with van der Waals surface area (Å²) < 4.78 is 4.67. The normalized spacial score (nSPS) is 16.2. The summed E-state index contributed by atoms with van der Waals surface area (Å²) in [5, 5.41) is 2.99. The van der Waals surface area contributed by atoms with Crippen molar-refractivity contribution < 1.29 is 14.3 Å². The molecular formula is C12H10BrNO3. The van der Waals surface area contributed by atoms with Crippen molar-refractivity contribution in [2.45, 2.75) is 0 Å². The van der Waals surface area contributed by atoms with Gasteiger partial charge in [0.15, 0.2) is 0 Å². The average Bonchev–Trinajstić information content (AvgIpc) is 2.67. The standard InChI is InChI=1S/C12H10BrNO3/c1-17-12(16)8(6-13)10-7-4-2-3-5-9(7)14-11(10)15/h2-5H,6H2,1H3,(H,14,15). The number of amides is 1. The first-order valence-electron chi connectivity index (χ1n) is 4.97. The summed E-state index contributed by atoms with van der Waals surface area (Å²) in [5.74, 6) is -0.769. The Labute approximate surface area is 107 Å². The molecule has 0 aliphatic carbocycles. The second-order valence-corrected chi connectivity index (χ2v) is 4.04. The van der Waals surface area contributed by atoms with Gasteiger partial charge in [-0.1, -0.05) is 34.1 Å². The van der Waals surface area contributed by atoms with Crippen molar-refractivity contribution in [3.05, 3.63) is 35.4 Å². The van der Waals surface area contributed by atoms with Crippen molar-refractivity contribution in [3.8, 4) is 0 Å². The van der Waals surface area contributed by atoms with Gasteiger partial charge < -0.3 is 10.1 Å². The molecule has 1 amide bonds. The topological polar surface area (TPSA) is 55.4 Å². The maximum atomic E-state index is 11.9. The predicted octanol–water partition coefficient (Wildman–Crippen LogP) is 1.96. The number of rotatable bonds is 2. The molecule has 0 unspecified atom stereocenters. The molecule has 1 heterocycles. The highest BCUT2D eigenvalue weighted by Gasteiger charge is 2.29. The largest absolute Gasteiger partial charge is 0.466 e. The van der Waals surface area contributed by atoms with E-state index in [1.165, 1.54) is 7.11 Å². The number of hydrogen-bond donors (Lipinski definition) is 1. The summed E-state index contributed by atoms with van der Waals surface area (Å²) >= 11 is 3.21. The van der Waals surface area contributed by atoms with E-state index < -0.39 is 5.97 Å². The second kappa shape index (κ2) is 4.71. The van der Waals surface area contributed by atoms with E-state index in [0.29, 0.717) is 11.1 Å². The molecular weight excluding hydrogens is 286 g/mol. The van der Waals surface area contributed by atoms with Crippen molar-refractivity contribution in [2.24, 2.45) is 0 Å². The van der Waals surface area contributed by atoms with Crippen LogP contribution < -0.4 is 5.32 Å². The van der Waals surface area contributed by atoms with Crippen LogP contribution in [0.1, 0.15) is 5.56 Å². The van der Waals surface area contributed by atoms with Crippen LogP contribution in [-0.4, -0.2) is 24.3 Å². The fraction of sp³-hybridized carbons (Fsp3) is 0.167. The molecule has 1 aromatic carbocycles. The molecule has 0 aromatic heterocycles. The van der Waals surface area contributed by atoms with Gasteiger partial charge in [0.2, 0.25) is 0 Å². The number of carbonyl (C=O) groups is 2. The number of methoxy groups -OCH3 is 1. The summed E-state index contributed by atoms with van der Waals surface area (Å²) in [5.41, 5.74) is 2.16. The third kappa shape index (κ3) is 1.98. The molecule has 0 fully saturated rings. The van der Waals surface area contributed by atoms with E-state index in [1.807, 2.05) is 12.1 Å². The lowest BCUT2D eigenvalue weighted by Gasteiger charge is -2.05. The zero-order valence-corrected chi connectivity index (χ0v) is 10.7. The Morgan fingerprint density at radius 2 is 2.12 bits per heavy atom. The van der Waals surface area contributed by atoms with Crippen LogP contribution in [0.15, 0.2) is 29.8 Å². The third-order valence-electron chi connectivity index (χ3n) is 2.54. The minimum absolute atomic E-state index is 0.272. The molecule has 0 saturated heterocycles. The monoisotopic (exact) mass is 295 g/mol. The predicted molar refractivity (Wildman–Crippen MR) is 67.8 cm³/mol. The number of benzene rings is 1. The fourth-order valence-corrected chi connectivity index (χ4v) is 2.27. The number of anilines is 1. The molecule has 4 nitrogen and oxygen atoms in total. The summed E-state index contributed by atoms with van der Waals surface area (Å²) in [6, 6.07) is 7.24. The third-order valence-corrected chi connectivity index (χ3v) is 3.10. The highest BCUT2D eigenvalue weighted by molar-refractivity contribution is 9.09. The first-order chi connectivity index (χ1) is 8.19. The van der Waals surface area contributed by atoms with Crippen LogP contribution in [0.4, 0.5) is 5.69 Å². The van der Waals surface area contributed by atoms with Gasteiger partial charge in [-0.2, -0.15) is 0 Å². The number of ether oxygens (including phenoxy) is 1. The van der Waals surface area contributed by atoms with Crippen LogP contribution in [0, 0.1) is 0 Å². The quantitative estimate of drug-likeness (QED) is 0.515. The Morgan fingerprint density at radius 1 is 1.41 bits per heavy atom. The highest BCUT2D eigenvalue weighted by atomic mass is 79.9. The minimum atomic E-state index is -0.497. The van der Waals surface area contributed by atoms with Gasteiger partial charge in [0.25, 0.3) is 5.91 Å². The summed E-state index contributed by atoms with van der Waals surface area (Å²) in [6.07, 6.45) is 0. The maximum Gasteiger partial charge on any atom is 0.335 e. The van der Waals surface area contributed by atoms with E-state index in [-0.39, 0.29) is 11.2 Å². The number of carbonyl (C=O) groups excluding carboxylic acids is 2. The Balaban J connectivity index is 2.61. The number of para-hydroxylation sites is 1. The SMILES string of the molecule is COC(=O)C(CBr)=C1C(=O)Nc2ccccc21. The molecule has 5 heteroatoms. The van der Waals surface area contributed by atoms with Gasteiger partial charge in [-0.15, -0.1) is 0 Å². The van der Waals surface area contributed by atoms with Crippen molar-refractivity contribution in [2.75, 3.05) is 17.8 Å². The van der Waals surface area contributed by atoms with Crippen LogP contribution in [-0.2, 0) is 14.3 Å². The number of hydrogen-bond acceptors (Lipinski definition) is 3. The van der Waals surface area contributed by atoms with Gasteiger partial charge in [0.1, 0.15) is 0 Å². The molecule has 1 N–H and O–H groups in total. The van der Waals surface area contributed by atoms with Crippen LogP contribution >= 0.6 is 15.9 Å². The first kappa shape index (κ1) is 11.9. The lowest BCUT2D eigenvalue weighted by molar-refractivity contribution is -0.136. The van der Waals surface area contributed by atoms with Gasteiger partial charge in [0, 0.05) is 16.6 Å². The second-order valence-electron chi connectivity index (χ2n) is 3.48. The van der Waals surface area contributed by atoms with Crippen LogP contribution in [0.25, 0.3) is 5.57 Å². The van der Waals surface area contributed by atoms with E-state index in [4.69, 9.17) is 0 Å². The van der Waals surface area contributed by atoms with E-state index in [9.17, 15) is 9.59 Å². The molecule has 0 spiro atoms. The number of fused-ring (bicyclic) bond motifs is 1. The van der Waals surface area contributed by atoms with Crippen molar-refractivity contribution >= 4 is 39.1 Å². The van der Waals surface area contributed by atoms with Crippen LogP contribution in [0.3, 0.4) is 0 Å². The number of esters is 1. The lowest BCUT2D eigenvalue weighted by Crippen LogP contribution is -2.13.